The van der Waals surface area contributed by atoms with Crippen LogP contribution in [0.5, 0.6) is 0 Å². The van der Waals surface area contributed by atoms with Crippen LogP contribution in [0.3, 0.4) is 0 Å². The lowest BCUT2D eigenvalue weighted by Gasteiger charge is -2.55. The van der Waals surface area contributed by atoms with Crippen LogP contribution in [0, 0.1) is 5.82 Å². The Labute approximate surface area is 164 Å². The zero-order valence-electron chi connectivity index (χ0n) is 16.5. The number of nitrogens with one attached hydrogen (secondary N) is 1. The van der Waals surface area contributed by atoms with Gasteiger partial charge in [0.15, 0.2) is 0 Å². The first-order valence-electron chi connectivity index (χ1n) is 9.96. The van der Waals surface area contributed by atoms with Gasteiger partial charge in [0.2, 0.25) is 0 Å². The predicted octanol–water partition coefficient (Wildman–Crippen LogP) is 5.42. The molecule has 0 bridgehead atoms. The van der Waals surface area contributed by atoms with Crippen molar-refractivity contribution in [3.8, 4) is 11.3 Å². The summed E-state index contributed by atoms with van der Waals surface area (Å²) in [6.45, 7) is 6.15. The summed E-state index contributed by atoms with van der Waals surface area (Å²) in [5, 5.41) is 17.1. The van der Waals surface area contributed by atoms with Gasteiger partial charge in [0.05, 0.1) is 16.8 Å². The predicted molar refractivity (Wildman–Crippen MR) is 111 cm³/mol. The lowest BCUT2D eigenvalue weighted by atomic mass is 9.60. The Bertz CT molecular complexity index is 1100. The molecule has 2 N–H and O–H groups in total. The topological polar surface area (TPSA) is 45.2 Å². The lowest BCUT2D eigenvalue weighted by molar-refractivity contribution is -0.0628. The van der Waals surface area contributed by atoms with Crippen molar-refractivity contribution >= 4 is 16.5 Å². The van der Waals surface area contributed by atoms with Gasteiger partial charge in [-0.2, -0.15) is 0 Å². The minimum absolute atomic E-state index is 0.294. The Morgan fingerprint density at radius 1 is 1.07 bits per heavy atom. The van der Waals surface area contributed by atoms with Crippen LogP contribution in [0.25, 0.3) is 22.0 Å². The minimum Gasteiger partial charge on any atom is -0.387 e. The average Bonchev–Trinajstić information content (AvgIpc) is 2.98. The lowest BCUT2D eigenvalue weighted by Crippen LogP contribution is -2.65. The number of hydrogen-bond acceptors (Lipinski definition) is 3. The molecule has 28 heavy (non-hydrogen) atoms. The van der Waals surface area contributed by atoms with E-state index in [4.69, 9.17) is 0 Å². The molecule has 144 valence electrons. The third-order valence-corrected chi connectivity index (χ3v) is 7.24. The fourth-order valence-electron chi connectivity index (χ4n) is 5.63. The van der Waals surface area contributed by atoms with E-state index in [0.717, 1.165) is 41.3 Å². The Morgan fingerprint density at radius 2 is 1.86 bits per heavy atom. The molecule has 1 aromatic heterocycles. The molecule has 3 aromatic rings. The number of benzene rings is 2. The number of hydrogen-bond donors (Lipinski definition) is 2. The molecule has 2 atom stereocenters. The average molecular weight is 376 g/mol. The molecule has 1 fully saturated rings. The van der Waals surface area contributed by atoms with Crippen molar-refractivity contribution in [3.63, 3.8) is 0 Å². The van der Waals surface area contributed by atoms with Crippen molar-refractivity contribution in [1.29, 1.82) is 0 Å². The molecule has 2 unspecified atom stereocenters. The highest BCUT2D eigenvalue weighted by Crippen LogP contribution is 2.59. The van der Waals surface area contributed by atoms with E-state index in [0.29, 0.717) is 11.3 Å². The van der Waals surface area contributed by atoms with Gasteiger partial charge in [-0.3, -0.25) is 4.98 Å². The first-order valence-corrected chi connectivity index (χ1v) is 9.96. The zero-order valence-corrected chi connectivity index (χ0v) is 16.5. The van der Waals surface area contributed by atoms with Gasteiger partial charge in [-0.15, -0.1) is 0 Å². The third kappa shape index (κ3) is 2.10. The number of rotatable bonds is 1. The van der Waals surface area contributed by atoms with E-state index >= 15 is 4.39 Å². The van der Waals surface area contributed by atoms with E-state index in [1.165, 1.54) is 0 Å². The van der Waals surface area contributed by atoms with Gasteiger partial charge in [0.1, 0.15) is 5.82 Å². The van der Waals surface area contributed by atoms with Gasteiger partial charge in [-0.05, 0) is 62.3 Å². The summed E-state index contributed by atoms with van der Waals surface area (Å²) in [7, 11) is 0. The minimum atomic E-state index is -0.881. The maximum Gasteiger partial charge on any atom is 0.134 e. The second kappa shape index (κ2) is 5.54. The van der Waals surface area contributed by atoms with Crippen LogP contribution in [-0.4, -0.2) is 21.2 Å². The molecule has 1 aliphatic carbocycles. The molecule has 0 spiro atoms. The van der Waals surface area contributed by atoms with Crippen molar-refractivity contribution < 1.29 is 9.50 Å². The monoisotopic (exact) mass is 376 g/mol. The molecule has 4 heteroatoms. The van der Waals surface area contributed by atoms with Crippen molar-refractivity contribution in [2.45, 2.75) is 56.6 Å². The number of anilines is 1. The third-order valence-electron chi connectivity index (χ3n) is 7.24. The largest absolute Gasteiger partial charge is 0.387 e. The molecule has 2 aliphatic rings. The van der Waals surface area contributed by atoms with Crippen LogP contribution in [-0.2, 0) is 5.41 Å². The number of nitrogens with zero attached hydrogens (tertiary/aromatic N) is 1. The van der Waals surface area contributed by atoms with E-state index in [9.17, 15) is 5.11 Å². The Kier molecular flexibility index (Phi) is 3.49. The van der Waals surface area contributed by atoms with E-state index in [1.807, 2.05) is 50.2 Å². The van der Waals surface area contributed by atoms with Gasteiger partial charge in [-0.25, -0.2) is 4.39 Å². The van der Waals surface area contributed by atoms with Crippen molar-refractivity contribution in [2.24, 2.45) is 0 Å². The van der Waals surface area contributed by atoms with Gasteiger partial charge in [0, 0.05) is 28.2 Å². The molecule has 1 aliphatic heterocycles. The standard InChI is InChI=1S/C24H25FN2O/c1-22(2)24(28)11-6-10-23(24,3)18-13-17(19(25)14-20(18)27-22)21-16-8-5-4-7-15(16)9-12-26-21/h4-5,7-9,12-14,27-28H,6,10-11H2,1-3H3. The molecule has 5 rings (SSSR count). The van der Waals surface area contributed by atoms with Crippen LogP contribution in [0.2, 0.25) is 0 Å². The molecule has 3 nitrogen and oxygen atoms in total. The molecular weight excluding hydrogens is 351 g/mol. The summed E-state index contributed by atoms with van der Waals surface area (Å²) in [6, 6.07) is 13.3. The number of halogens is 1. The summed E-state index contributed by atoms with van der Waals surface area (Å²) < 4.78 is 15.3. The summed E-state index contributed by atoms with van der Waals surface area (Å²) in [6.07, 6.45) is 4.31. The van der Waals surface area contributed by atoms with Crippen LogP contribution in [0.15, 0.2) is 48.7 Å². The Morgan fingerprint density at radius 3 is 2.68 bits per heavy atom. The van der Waals surface area contributed by atoms with Crippen LogP contribution in [0.1, 0.15) is 45.6 Å². The first-order chi connectivity index (χ1) is 13.3. The summed E-state index contributed by atoms with van der Waals surface area (Å²) in [4.78, 5) is 4.52. The van der Waals surface area contributed by atoms with Crippen molar-refractivity contribution in [3.05, 3.63) is 60.0 Å². The highest BCUT2D eigenvalue weighted by atomic mass is 19.1. The number of aliphatic hydroxyl groups is 1. The smallest absolute Gasteiger partial charge is 0.134 e. The van der Waals surface area contributed by atoms with Crippen LogP contribution >= 0.6 is 0 Å². The fourth-order valence-corrected chi connectivity index (χ4v) is 5.63. The second-order valence-corrected chi connectivity index (χ2v) is 9.05. The van der Waals surface area contributed by atoms with Gasteiger partial charge >= 0.3 is 0 Å². The molecule has 2 heterocycles. The highest BCUT2D eigenvalue weighted by molar-refractivity contribution is 5.95. The molecule has 2 aromatic carbocycles. The maximum atomic E-state index is 15.3. The number of pyridine rings is 1. The first kappa shape index (κ1) is 17.6. The maximum absolute atomic E-state index is 15.3. The van der Waals surface area contributed by atoms with Crippen molar-refractivity contribution in [1.82, 2.24) is 4.98 Å². The van der Waals surface area contributed by atoms with Gasteiger partial charge < -0.3 is 10.4 Å². The van der Waals surface area contributed by atoms with Crippen LogP contribution < -0.4 is 5.32 Å². The SMILES string of the molecule is CC1(C)Nc2cc(F)c(-c3nccc4ccccc34)cc2C2(C)CCCC12O. The zero-order chi connectivity index (χ0) is 19.7. The summed E-state index contributed by atoms with van der Waals surface area (Å²) >= 11 is 0. The molecular formula is C24H25FN2O. The van der Waals surface area contributed by atoms with Crippen LogP contribution in [0.4, 0.5) is 10.1 Å². The second-order valence-electron chi connectivity index (χ2n) is 9.05. The number of aromatic nitrogens is 1. The van der Waals surface area contributed by atoms with Crippen molar-refractivity contribution in [2.75, 3.05) is 5.32 Å². The van der Waals surface area contributed by atoms with E-state index in [-0.39, 0.29) is 5.82 Å². The quantitative estimate of drug-likeness (QED) is 0.596. The molecule has 0 radical (unpaired) electrons. The van der Waals surface area contributed by atoms with E-state index in [2.05, 4.69) is 17.2 Å². The normalized spacial score (nSPS) is 27.9. The summed E-state index contributed by atoms with van der Waals surface area (Å²) in [5.74, 6) is -0.294. The number of fused-ring (bicyclic) bond motifs is 4. The Balaban J connectivity index is 1.78. The summed E-state index contributed by atoms with van der Waals surface area (Å²) in [5.41, 5.74) is 1.06. The van der Waals surface area contributed by atoms with E-state index in [1.54, 1.807) is 12.3 Å². The fraction of sp³-hybridized carbons (Fsp3) is 0.375. The Hall–Kier alpha value is -2.46. The van der Waals surface area contributed by atoms with E-state index < -0.39 is 16.6 Å². The molecule has 1 saturated carbocycles. The molecule has 0 amide bonds. The molecule has 0 saturated heterocycles. The van der Waals surface area contributed by atoms with Gasteiger partial charge in [0.25, 0.3) is 0 Å². The van der Waals surface area contributed by atoms with Gasteiger partial charge in [-0.1, -0.05) is 31.2 Å². The highest BCUT2D eigenvalue weighted by Gasteiger charge is 2.62.